The number of nitrogens with zero attached hydrogens (tertiary/aromatic N) is 3. The van der Waals surface area contributed by atoms with E-state index in [-0.39, 0.29) is 153 Å². The molecule has 4 N–H and O–H groups in total. The molecule has 22 heteroatoms. The Kier molecular flexibility index (Phi) is 33.1. The minimum absolute atomic E-state index is 0.00366. The van der Waals surface area contributed by atoms with Gasteiger partial charge in [0.15, 0.2) is 0 Å². The highest BCUT2D eigenvalue weighted by Crippen LogP contribution is 2.19. The summed E-state index contributed by atoms with van der Waals surface area (Å²) in [6.07, 6.45) is 0.971. The van der Waals surface area contributed by atoms with Gasteiger partial charge in [-0.05, 0) is 62.7 Å². The van der Waals surface area contributed by atoms with Crippen molar-refractivity contribution in [1.82, 2.24) is 30.7 Å². The largest absolute Gasteiger partial charge is 0.481 e. The molecule has 0 radical (unpaired) electrons. The van der Waals surface area contributed by atoms with E-state index in [4.69, 9.17) is 19.3 Å². The van der Waals surface area contributed by atoms with E-state index < -0.39 is 83.4 Å². The Labute approximate surface area is 413 Å². The fraction of sp³-hybridized carbons (Fsp3) is 0.771. The van der Waals surface area contributed by atoms with Gasteiger partial charge in [-0.25, -0.2) is 0 Å². The van der Waals surface area contributed by atoms with Crippen LogP contribution in [-0.4, -0.2) is 171 Å². The zero-order chi connectivity index (χ0) is 53.3. The summed E-state index contributed by atoms with van der Waals surface area (Å²) in [6, 6.07) is -2.86. The van der Waals surface area contributed by atoms with Gasteiger partial charge in [-0.15, -0.1) is 0 Å². The molecule has 0 aliphatic heterocycles. The number of rotatable bonds is 37. The van der Waals surface area contributed by atoms with Crippen LogP contribution in [0.15, 0.2) is 0 Å². The van der Waals surface area contributed by atoms with Gasteiger partial charge in [-0.3, -0.25) is 52.7 Å². The number of carbonyl (C=O) groups is 11. The summed E-state index contributed by atoms with van der Waals surface area (Å²) in [5, 5.41) is 17.4. The Morgan fingerprint density at radius 1 is 0.371 bits per heavy atom. The van der Waals surface area contributed by atoms with Crippen LogP contribution in [0.1, 0.15) is 138 Å². The number of amides is 6. The van der Waals surface area contributed by atoms with Gasteiger partial charge in [0.1, 0.15) is 18.1 Å². The second-order valence-electron chi connectivity index (χ2n) is 17.9. The first-order chi connectivity index (χ1) is 33.1. The minimum atomic E-state index is -1.01. The molecule has 70 heavy (non-hydrogen) atoms. The molecular weight excluding hydrogens is 917 g/mol. The van der Waals surface area contributed by atoms with E-state index in [2.05, 4.69) is 20.7 Å². The van der Waals surface area contributed by atoms with E-state index in [0.29, 0.717) is 0 Å². The van der Waals surface area contributed by atoms with E-state index in [1.54, 1.807) is 41.5 Å². The molecule has 0 aromatic carbocycles. The van der Waals surface area contributed by atoms with Gasteiger partial charge in [-0.2, -0.15) is 0 Å². The van der Waals surface area contributed by atoms with Crippen molar-refractivity contribution in [2.45, 2.75) is 156 Å². The quantitative estimate of drug-likeness (QED) is 0.0395. The third-order valence-electron chi connectivity index (χ3n) is 11.3. The molecular formula is C48H82N6O16. The normalized spacial score (nSPS) is 12.2. The Hall–Kier alpha value is -5.83. The highest BCUT2D eigenvalue weighted by molar-refractivity contribution is 5.90. The molecule has 0 aliphatic carbocycles. The van der Waals surface area contributed by atoms with Crippen LogP contribution in [0.3, 0.4) is 0 Å². The average molecular weight is 999 g/mol. The summed E-state index contributed by atoms with van der Waals surface area (Å²) < 4.78 is 18.9. The maximum Gasteiger partial charge on any atom is 0.305 e. The lowest BCUT2D eigenvalue weighted by atomic mass is 9.99. The van der Waals surface area contributed by atoms with Crippen molar-refractivity contribution >= 4 is 65.3 Å². The van der Waals surface area contributed by atoms with Crippen molar-refractivity contribution in [2.75, 3.05) is 67.7 Å². The second-order valence-corrected chi connectivity index (χ2v) is 17.9. The van der Waals surface area contributed by atoms with Gasteiger partial charge >= 0.3 is 29.8 Å². The van der Waals surface area contributed by atoms with Crippen LogP contribution in [0.25, 0.3) is 0 Å². The Balaban J connectivity index is 6.08. The highest BCUT2D eigenvalue weighted by atomic mass is 16.5. The van der Waals surface area contributed by atoms with Crippen molar-refractivity contribution in [3.05, 3.63) is 0 Å². The summed E-state index contributed by atoms with van der Waals surface area (Å²) in [6.45, 7) is 10.9. The molecule has 3 unspecified atom stereocenters. The highest BCUT2D eigenvalue weighted by Gasteiger charge is 2.35. The average Bonchev–Trinajstić information content (AvgIpc) is 3.30. The Bertz CT molecular complexity index is 1710. The monoisotopic (exact) mass is 999 g/mol. The minimum Gasteiger partial charge on any atom is -0.481 e. The van der Waals surface area contributed by atoms with Crippen LogP contribution in [0.2, 0.25) is 0 Å². The van der Waals surface area contributed by atoms with Crippen molar-refractivity contribution in [3.8, 4) is 0 Å². The van der Waals surface area contributed by atoms with Crippen LogP contribution in [0.4, 0.5) is 0 Å². The number of hydrogen-bond acceptors (Lipinski definition) is 15. The molecule has 0 aromatic heterocycles. The topological polar surface area (TPSA) is 291 Å². The molecule has 400 valence electrons. The number of carbonyl (C=O) groups excluding carboxylic acids is 10. The number of hydrogen-bond donors (Lipinski definition) is 4. The van der Waals surface area contributed by atoms with E-state index in [0.717, 1.165) is 0 Å². The summed E-state index contributed by atoms with van der Waals surface area (Å²) in [5.41, 5.74) is 0. The third-order valence-corrected chi connectivity index (χ3v) is 11.3. The summed E-state index contributed by atoms with van der Waals surface area (Å²) in [5.74, 6) is -6.70. The van der Waals surface area contributed by atoms with Crippen LogP contribution in [0, 0.1) is 17.8 Å². The number of ether oxygens (including phenoxy) is 4. The molecule has 0 heterocycles. The number of nitrogens with one attached hydrogen (secondary N) is 3. The van der Waals surface area contributed by atoms with Gasteiger partial charge in [0, 0.05) is 90.6 Å². The molecule has 0 rings (SSSR count). The van der Waals surface area contributed by atoms with Gasteiger partial charge in [0.2, 0.25) is 35.4 Å². The van der Waals surface area contributed by atoms with Crippen LogP contribution in [-0.2, 0) is 71.7 Å². The Morgan fingerprint density at radius 2 is 0.614 bits per heavy atom. The first-order valence-electron chi connectivity index (χ1n) is 24.3. The van der Waals surface area contributed by atoms with Crippen molar-refractivity contribution in [1.29, 1.82) is 0 Å². The van der Waals surface area contributed by atoms with E-state index >= 15 is 0 Å². The van der Waals surface area contributed by atoms with Crippen LogP contribution in [0.5, 0.6) is 0 Å². The molecule has 0 saturated carbocycles. The molecule has 0 fully saturated rings. The van der Waals surface area contributed by atoms with Gasteiger partial charge < -0.3 is 54.7 Å². The van der Waals surface area contributed by atoms with Crippen LogP contribution < -0.4 is 16.0 Å². The molecule has 22 nitrogen and oxygen atoms in total. The molecule has 0 bridgehead atoms. The fourth-order valence-electron chi connectivity index (χ4n) is 7.74. The summed E-state index contributed by atoms with van der Waals surface area (Å²) in [7, 11) is 4.98. The van der Waals surface area contributed by atoms with E-state index in [9.17, 15) is 52.7 Å². The van der Waals surface area contributed by atoms with Gasteiger partial charge in [-0.1, -0.05) is 41.5 Å². The maximum absolute atomic E-state index is 14.0. The first kappa shape index (κ1) is 64.2. The molecule has 3 atom stereocenters. The number of methoxy groups -OCH3 is 4. The molecule has 0 aliphatic rings. The number of carboxylic acids is 1. The summed E-state index contributed by atoms with van der Waals surface area (Å²) >= 11 is 0. The number of aliphatic carboxylic acids is 1. The maximum atomic E-state index is 14.0. The van der Waals surface area contributed by atoms with Crippen LogP contribution >= 0.6 is 0 Å². The summed E-state index contributed by atoms with van der Waals surface area (Å²) in [4.78, 5) is 145. The molecule has 0 spiro atoms. The lowest BCUT2D eigenvalue weighted by Crippen LogP contribution is -2.54. The first-order valence-corrected chi connectivity index (χ1v) is 24.3. The lowest BCUT2D eigenvalue weighted by molar-refractivity contribution is -0.145. The SMILES string of the molecule is COC(=O)CCCC(=O)N(CCCC(=O)OC)C(C(=O)NCCCC(=O)N(CCCC(=O)OC)C(C(=O)NCCCC(=O)N(CCCC(=O)OC)C(C(=O)NCCCC(=O)O)C(C)C)C(C)C)C(C)C. The van der Waals surface area contributed by atoms with Crippen molar-refractivity contribution < 1.29 is 76.8 Å². The predicted octanol–water partition coefficient (Wildman–Crippen LogP) is 2.52. The zero-order valence-corrected chi connectivity index (χ0v) is 43.2. The van der Waals surface area contributed by atoms with Crippen molar-refractivity contribution in [3.63, 3.8) is 0 Å². The predicted molar refractivity (Wildman–Crippen MR) is 255 cm³/mol. The van der Waals surface area contributed by atoms with Gasteiger partial charge in [0.05, 0.1) is 28.4 Å². The fourth-order valence-corrected chi connectivity index (χ4v) is 7.74. The number of carboxylic acid groups (broad SMARTS) is 1. The molecule has 0 aromatic rings. The molecule has 0 saturated heterocycles. The van der Waals surface area contributed by atoms with E-state index in [1.807, 2.05) is 0 Å². The smallest absolute Gasteiger partial charge is 0.305 e. The standard InChI is InChI=1S/C48H82N6O16/c1-32(2)43(52(29-15-23-40(61)68-8)35(55)18-11-22-39(60)67-7)46(64)49-26-12-19-36(56)53(30-16-24-41(62)69-9)44(33(3)4)47(65)50-27-13-20-37(57)54(31-17-25-42(63)70-10)45(34(5)6)48(66)51-28-14-21-38(58)59/h32-34,43-45H,11-31H2,1-10H3,(H,49,64)(H,50,65)(H,51,66)(H,58,59). The Morgan fingerprint density at radius 3 is 0.857 bits per heavy atom. The lowest BCUT2D eigenvalue weighted by Gasteiger charge is -2.34. The third kappa shape index (κ3) is 25.7. The zero-order valence-electron chi connectivity index (χ0n) is 43.2. The second kappa shape index (κ2) is 36.2. The van der Waals surface area contributed by atoms with Gasteiger partial charge in [0.25, 0.3) is 0 Å². The van der Waals surface area contributed by atoms with E-state index in [1.165, 1.54) is 43.1 Å². The number of esters is 4. The van der Waals surface area contributed by atoms with Crippen molar-refractivity contribution in [2.24, 2.45) is 17.8 Å². The molecule has 6 amide bonds.